The number of aromatic hydroxyl groups is 2. The molecule has 2 aromatic rings. The van der Waals surface area contributed by atoms with Crippen molar-refractivity contribution in [3.8, 4) is 34.1 Å². The third kappa shape index (κ3) is 2.18. The van der Waals surface area contributed by atoms with E-state index in [-0.39, 0.29) is 11.5 Å². The van der Waals surface area contributed by atoms with Gasteiger partial charge in [-0.1, -0.05) is 12.1 Å². The van der Waals surface area contributed by atoms with Crippen molar-refractivity contribution >= 4 is 0 Å². The first-order valence-corrected chi connectivity index (χ1v) is 5.40. The van der Waals surface area contributed by atoms with Crippen molar-refractivity contribution < 1.29 is 19.7 Å². The van der Waals surface area contributed by atoms with Gasteiger partial charge in [-0.3, -0.25) is 0 Å². The third-order valence-corrected chi connectivity index (χ3v) is 2.68. The molecule has 0 aromatic heterocycles. The smallest absolute Gasteiger partial charge is 0.165 e. The predicted molar refractivity (Wildman–Crippen MR) is 68.3 cm³/mol. The second-order valence-corrected chi connectivity index (χ2v) is 3.77. The van der Waals surface area contributed by atoms with Gasteiger partial charge in [-0.2, -0.15) is 0 Å². The zero-order valence-corrected chi connectivity index (χ0v) is 10.2. The van der Waals surface area contributed by atoms with Crippen LogP contribution in [0.1, 0.15) is 0 Å². The van der Waals surface area contributed by atoms with Crippen LogP contribution in [0.4, 0.5) is 0 Å². The topological polar surface area (TPSA) is 58.9 Å². The van der Waals surface area contributed by atoms with E-state index in [1.54, 1.807) is 25.3 Å². The van der Waals surface area contributed by atoms with Gasteiger partial charge >= 0.3 is 0 Å². The molecular formula is C14H14O4. The van der Waals surface area contributed by atoms with E-state index in [0.717, 1.165) is 5.56 Å². The molecule has 4 heteroatoms. The molecule has 0 aliphatic rings. The average Bonchev–Trinajstić information content (AvgIpc) is 2.41. The van der Waals surface area contributed by atoms with Gasteiger partial charge in [0, 0.05) is 11.6 Å². The lowest BCUT2D eigenvalue weighted by molar-refractivity contribution is 0.387. The first-order valence-electron chi connectivity index (χ1n) is 5.40. The van der Waals surface area contributed by atoms with Gasteiger partial charge in [0.25, 0.3) is 0 Å². The Bertz CT molecular complexity index is 564. The molecule has 0 aliphatic carbocycles. The van der Waals surface area contributed by atoms with Crippen molar-refractivity contribution in [2.24, 2.45) is 0 Å². The molecular weight excluding hydrogens is 232 g/mol. The van der Waals surface area contributed by atoms with Gasteiger partial charge in [0.1, 0.15) is 11.5 Å². The van der Waals surface area contributed by atoms with E-state index in [2.05, 4.69) is 0 Å². The lowest BCUT2D eigenvalue weighted by Crippen LogP contribution is -1.87. The van der Waals surface area contributed by atoms with Crippen molar-refractivity contribution in [1.82, 2.24) is 0 Å². The second-order valence-electron chi connectivity index (χ2n) is 3.77. The molecule has 2 N–H and O–H groups in total. The Morgan fingerprint density at radius 3 is 2.28 bits per heavy atom. The molecule has 0 heterocycles. The molecule has 0 bridgehead atoms. The molecule has 4 nitrogen and oxygen atoms in total. The Labute approximate surface area is 105 Å². The van der Waals surface area contributed by atoms with Crippen LogP contribution in [-0.2, 0) is 0 Å². The second kappa shape index (κ2) is 4.87. The van der Waals surface area contributed by atoms with Crippen molar-refractivity contribution in [2.45, 2.75) is 0 Å². The molecule has 0 unspecified atom stereocenters. The Kier molecular flexibility index (Phi) is 3.28. The minimum Gasteiger partial charge on any atom is -0.504 e. The Morgan fingerprint density at radius 2 is 1.61 bits per heavy atom. The largest absolute Gasteiger partial charge is 0.504 e. The molecule has 2 rings (SSSR count). The molecule has 0 spiro atoms. The Hall–Kier alpha value is -2.36. The minimum absolute atomic E-state index is 0.177. The number of hydrogen-bond acceptors (Lipinski definition) is 4. The normalized spacial score (nSPS) is 10.1. The summed E-state index contributed by atoms with van der Waals surface area (Å²) in [6, 6.07) is 10.2. The average molecular weight is 246 g/mol. The molecule has 0 atom stereocenters. The van der Waals surface area contributed by atoms with Gasteiger partial charge in [0.15, 0.2) is 11.5 Å². The molecule has 0 saturated carbocycles. The molecule has 18 heavy (non-hydrogen) atoms. The highest BCUT2D eigenvalue weighted by atomic mass is 16.5. The van der Waals surface area contributed by atoms with Gasteiger partial charge < -0.3 is 19.7 Å². The summed E-state index contributed by atoms with van der Waals surface area (Å²) in [6.45, 7) is 0. The van der Waals surface area contributed by atoms with Crippen molar-refractivity contribution in [2.75, 3.05) is 14.2 Å². The first kappa shape index (κ1) is 12.1. The van der Waals surface area contributed by atoms with E-state index >= 15 is 0 Å². The summed E-state index contributed by atoms with van der Waals surface area (Å²) in [5.74, 6) is 0.758. The van der Waals surface area contributed by atoms with Crippen LogP contribution in [0.2, 0.25) is 0 Å². The van der Waals surface area contributed by atoms with Crippen LogP contribution in [0, 0.1) is 0 Å². The molecule has 0 radical (unpaired) electrons. The third-order valence-electron chi connectivity index (χ3n) is 2.68. The zero-order chi connectivity index (χ0) is 13.1. The number of phenols is 2. The Balaban J connectivity index is 2.58. The summed E-state index contributed by atoms with van der Waals surface area (Å²) >= 11 is 0. The highest BCUT2D eigenvalue weighted by Crippen LogP contribution is 2.40. The number of benzene rings is 2. The highest BCUT2D eigenvalue weighted by molar-refractivity contribution is 5.75. The van der Waals surface area contributed by atoms with Gasteiger partial charge in [0.2, 0.25) is 0 Å². The van der Waals surface area contributed by atoms with Gasteiger partial charge in [-0.05, 0) is 23.8 Å². The molecule has 94 valence electrons. The number of ether oxygens (including phenoxy) is 2. The van der Waals surface area contributed by atoms with Crippen molar-refractivity contribution in [3.05, 3.63) is 36.4 Å². The van der Waals surface area contributed by atoms with Gasteiger partial charge in [0.05, 0.1) is 14.2 Å². The summed E-state index contributed by atoms with van der Waals surface area (Å²) in [4.78, 5) is 0. The number of phenolic OH excluding ortho intramolecular Hbond substituents is 2. The highest BCUT2D eigenvalue weighted by Gasteiger charge is 2.12. The zero-order valence-electron chi connectivity index (χ0n) is 10.2. The summed E-state index contributed by atoms with van der Waals surface area (Å²) in [7, 11) is 3.07. The maximum atomic E-state index is 9.89. The molecule has 0 saturated heterocycles. The van der Waals surface area contributed by atoms with Crippen molar-refractivity contribution in [1.29, 1.82) is 0 Å². The fraction of sp³-hybridized carbons (Fsp3) is 0.143. The van der Waals surface area contributed by atoms with Crippen LogP contribution in [0.25, 0.3) is 11.1 Å². The van der Waals surface area contributed by atoms with E-state index in [9.17, 15) is 10.2 Å². The first-order chi connectivity index (χ1) is 8.65. The van der Waals surface area contributed by atoms with E-state index in [4.69, 9.17) is 9.47 Å². The summed E-state index contributed by atoms with van der Waals surface area (Å²) < 4.78 is 10.2. The van der Waals surface area contributed by atoms with Gasteiger partial charge in [-0.25, -0.2) is 0 Å². The lowest BCUT2D eigenvalue weighted by Gasteiger charge is -2.10. The SMILES string of the molecule is COc1cccc(-c2cc(OC)cc(O)c2O)c1. The van der Waals surface area contributed by atoms with Crippen molar-refractivity contribution in [3.63, 3.8) is 0 Å². The fourth-order valence-electron chi connectivity index (χ4n) is 1.72. The Morgan fingerprint density at radius 1 is 0.889 bits per heavy atom. The van der Waals surface area contributed by atoms with Crippen LogP contribution in [0.15, 0.2) is 36.4 Å². The monoisotopic (exact) mass is 246 g/mol. The van der Waals surface area contributed by atoms with Crippen LogP contribution < -0.4 is 9.47 Å². The van der Waals surface area contributed by atoms with E-state index in [1.165, 1.54) is 13.2 Å². The number of hydrogen-bond donors (Lipinski definition) is 2. The summed E-state index contributed by atoms with van der Waals surface area (Å²) in [5.41, 5.74) is 1.23. The number of methoxy groups -OCH3 is 2. The summed E-state index contributed by atoms with van der Waals surface area (Å²) in [6.07, 6.45) is 0. The van der Waals surface area contributed by atoms with Gasteiger partial charge in [-0.15, -0.1) is 0 Å². The van der Waals surface area contributed by atoms with Crippen LogP contribution in [0.3, 0.4) is 0 Å². The molecule has 0 aliphatic heterocycles. The van der Waals surface area contributed by atoms with E-state index in [1.807, 2.05) is 12.1 Å². The van der Waals surface area contributed by atoms with E-state index < -0.39 is 0 Å². The number of rotatable bonds is 3. The molecule has 0 amide bonds. The minimum atomic E-state index is -0.216. The molecule has 2 aromatic carbocycles. The maximum absolute atomic E-state index is 9.89. The van der Waals surface area contributed by atoms with Crippen LogP contribution in [-0.4, -0.2) is 24.4 Å². The van der Waals surface area contributed by atoms with E-state index in [0.29, 0.717) is 17.1 Å². The standard InChI is InChI=1S/C14H14O4/c1-17-10-5-3-4-9(6-10)12-7-11(18-2)8-13(15)14(12)16/h3-8,15-16H,1-2H3. The van der Waals surface area contributed by atoms with Crippen LogP contribution >= 0.6 is 0 Å². The summed E-state index contributed by atoms with van der Waals surface area (Å²) in [5, 5.41) is 19.5. The quantitative estimate of drug-likeness (QED) is 0.817. The molecule has 0 fully saturated rings. The van der Waals surface area contributed by atoms with Crippen LogP contribution in [0.5, 0.6) is 23.0 Å². The maximum Gasteiger partial charge on any atom is 0.165 e. The predicted octanol–water partition coefficient (Wildman–Crippen LogP) is 2.78. The fourth-order valence-corrected chi connectivity index (χ4v) is 1.72. The lowest BCUT2D eigenvalue weighted by atomic mass is 10.0.